The van der Waals surface area contributed by atoms with Crippen LogP contribution >= 0.6 is 0 Å². The summed E-state index contributed by atoms with van der Waals surface area (Å²) in [6.07, 6.45) is 0.0376. The number of rotatable bonds is 6. The third-order valence-corrected chi connectivity index (χ3v) is 2.42. The number of ether oxygens (including phenoxy) is 1. The average Bonchev–Trinajstić information content (AvgIpc) is 2.34. The van der Waals surface area contributed by atoms with E-state index >= 15 is 0 Å². The molecule has 0 aromatic heterocycles. The summed E-state index contributed by atoms with van der Waals surface area (Å²) in [7, 11) is 0.628. The molecule has 0 saturated carbocycles. The van der Waals surface area contributed by atoms with Gasteiger partial charge in [-0.15, -0.1) is 0 Å². The van der Waals surface area contributed by atoms with Crippen molar-refractivity contribution in [1.29, 1.82) is 0 Å². The molecule has 2 atom stereocenters. The topological polar surface area (TPSA) is 102 Å². The zero-order valence-corrected chi connectivity index (χ0v) is 12.5. The molecule has 20 heavy (non-hydrogen) atoms. The van der Waals surface area contributed by atoms with Gasteiger partial charge in [0.15, 0.2) is 0 Å². The van der Waals surface area contributed by atoms with E-state index in [-0.39, 0.29) is 6.44 Å². The summed E-state index contributed by atoms with van der Waals surface area (Å²) in [5.41, 5.74) is -0.793. The van der Waals surface area contributed by atoms with E-state index in [0.29, 0.717) is 7.15 Å². The molecule has 0 rings (SSSR count). The first-order chi connectivity index (χ1) is 9.09. The van der Waals surface area contributed by atoms with Gasteiger partial charge in [0.1, 0.15) is 0 Å². The Kier molecular flexibility index (Phi) is 7.27. The van der Waals surface area contributed by atoms with Crippen LogP contribution in [0.4, 0.5) is 0 Å². The van der Waals surface area contributed by atoms with Crippen molar-refractivity contribution in [1.82, 2.24) is 10.6 Å². The molecular formula is C12H21BN2O5. The fourth-order valence-corrected chi connectivity index (χ4v) is 1.05. The van der Waals surface area contributed by atoms with Gasteiger partial charge in [-0.2, -0.15) is 0 Å². The van der Waals surface area contributed by atoms with Gasteiger partial charge in [-0.25, -0.2) is 0 Å². The Hall–Kier alpha value is -1.57. The maximum absolute atomic E-state index is 11.7. The number of hydrogen-bond acceptors (Lipinski definition) is 6. The van der Waals surface area contributed by atoms with Crippen molar-refractivity contribution in [3.63, 3.8) is 0 Å². The van der Waals surface area contributed by atoms with Crippen LogP contribution in [0.2, 0.25) is 0 Å². The second kappa shape index (κ2) is 7.89. The number of hydrogen-bond donors (Lipinski definition) is 2. The summed E-state index contributed by atoms with van der Waals surface area (Å²) in [5, 5.41) is 5.04. The van der Waals surface area contributed by atoms with Crippen molar-refractivity contribution >= 4 is 25.0 Å². The number of carbonyl (C=O) groups is 3. The van der Waals surface area contributed by atoms with Crippen molar-refractivity contribution in [2.24, 2.45) is 5.41 Å². The SMILES string of the molecule is C[C@H](NCB=O)C(=O)N[C@@H](C)C(=O)OC(=O)C(C)(C)C. The molecule has 0 aromatic carbocycles. The Morgan fingerprint density at radius 1 is 1.15 bits per heavy atom. The van der Waals surface area contributed by atoms with Crippen molar-refractivity contribution in [3.8, 4) is 0 Å². The molecule has 0 heterocycles. The first-order valence-electron chi connectivity index (χ1n) is 6.33. The van der Waals surface area contributed by atoms with Gasteiger partial charge in [-0.05, 0) is 0 Å². The minimum atomic E-state index is -0.950. The summed E-state index contributed by atoms with van der Waals surface area (Å²) in [4.78, 5) is 34.8. The summed E-state index contributed by atoms with van der Waals surface area (Å²) < 4.78 is 14.8. The molecule has 2 N–H and O–H groups in total. The van der Waals surface area contributed by atoms with Crippen LogP contribution in [-0.4, -0.2) is 43.5 Å². The zero-order valence-electron chi connectivity index (χ0n) is 12.5. The summed E-state index contributed by atoms with van der Waals surface area (Å²) in [5.74, 6) is -1.93. The predicted molar refractivity (Wildman–Crippen MR) is 72.1 cm³/mol. The molecular weight excluding hydrogens is 263 g/mol. The standard InChI is InChI=1S/C12H21BN2O5/c1-7(14-6-13-19)9(16)15-8(2)10(17)20-11(18)12(3,4)5/h7-8,14H,6H2,1-5H3,(H,15,16)/t7-,8-/m0/s1. The fraction of sp³-hybridized carbons (Fsp3) is 0.750. The van der Waals surface area contributed by atoms with Crippen LogP contribution in [0, 0.1) is 5.41 Å². The average molecular weight is 284 g/mol. The molecule has 0 saturated heterocycles. The minimum absolute atomic E-state index is 0.0376. The Bertz CT molecular complexity index is 392. The number of carbonyl (C=O) groups excluding carboxylic acids is 3. The molecule has 7 nitrogen and oxygen atoms in total. The molecule has 8 heteroatoms. The van der Waals surface area contributed by atoms with Gasteiger partial charge in [-0.1, -0.05) is 0 Å². The quantitative estimate of drug-likeness (QED) is 0.390. The molecule has 0 aliphatic rings. The molecule has 0 unspecified atom stereocenters. The predicted octanol–water partition coefficient (Wildman–Crippen LogP) is -0.408. The molecule has 0 radical (unpaired) electrons. The number of amides is 1. The molecule has 0 fully saturated rings. The first-order valence-corrected chi connectivity index (χ1v) is 6.33. The van der Waals surface area contributed by atoms with E-state index in [0.717, 1.165) is 0 Å². The van der Waals surface area contributed by atoms with Crippen molar-refractivity contribution in [3.05, 3.63) is 0 Å². The van der Waals surface area contributed by atoms with Gasteiger partial charge in [0.2, 0.25) is 0 Å². The molecule has 1 amide bonds. The van der Waals surface area contributed by atoms with E-state index in [4.69, 9.17) is 0 Å². The Balaban J connectivity index is 4.36. The Labute approximate surface area is 119 Å². The first kappa shape index (κ1) is 18.4. The Morgan fingerprint density at radius 3 is 2.15 bits per heavy atom. The van der Waals surface area contributed by atoms with Gasteiger partial charge in [0.05, 0.1) is 0 Å². The van der Waals surface area contributed by atoms with E-state index in [1.807, 2.05) is 0 Å². The van der Waals surface area contributed by atoms with E-state index in [1.54, 1.807) is 27.7 Å². The van der Waals surface area contributed by atoms with E-state index < -0.39 is 35.3 Å². The normalized spacial score (nSPS) is 13.8. The van der Waals surface area contributed by atoms with Crippen LogP contribution in [0.3, 0.4) is 0 Å². The fourth-order valence-electron chi connectivity index (χ4n) is 1.05. The Morgan fingerprint density at radius 2 is 1.70 bits per heavy atom. The van der Waals surface area contributed by atoms with E-state index in [2.05, 4.69) is 15.4 Å². The third kappa shape index (κ3) is 6.56. The molecule has 112 valence electrons. The van der Waals surface area contributed by atoms with Crippen LogP contribution in [0.25, 0.3) is 0 Å². The van der Waals surface area contributed by atoms with Gasteiger partial charge in [-0.3, -0.25) is 0 Å². The summed E-state index contributed by atoms with van der Waals surface area (Å²) in [6.45, 7) is 7.84. The number of nitrogens with one attached hydrogen (secondary N) is 2. The van der Waals surface area contributed by atoms with Gasteiger partial charge >= 0.3 is 118 Å². The van der Waals surface area contributed by atoms with E-state index in [1.165, 1.54) is 6.92 Å². The molecule has 0 bridgehead atoms. The second-order valence-corrected chi connectivity index (χ2v) is 5.49. The van der Waals surface area contributed by atoms with Crippen LogP contribution in [0.15, 0.2) is 0 Å². The second-order valence-electron chi connectivity index (χ2n) is 5.49. The summed E-state index contributed by atoms with van der Waals surface area (Å²) >= 11 is 0. The van der Waals surface area contributed by atoms with Gasteiger partial charge < -0.3 is 0 Å². The molecule has 0 spiro atoms. The van der Waals surface area contributed by atoms with Crippen LogP contribution in [0.5, 0.6) is 0 Å². The number of esters is 2. The monoisotopic (exact) mass is 284 g/mol. The van der Waals surface area contributed by atoms with Crippen molar-refractivity contribution in [2.45, 2.75) is 46.7 Å². The molecule has 0 aliphatic carbocycles. The van der Waals surface area contributed by atoms with Crippen LogP contribution in [-0.2, 0) is 23.8 Å². The van der Waals surface area contributed by atoms with Gasteiger partial charge in [0, 0.05) is 0 Å². The molecule has 0 aromatic rings. The van der Waals surface area contributed by atoms with Crippen molar-refractivity contribution < 1.29 is 23.8 Å². The maximum atomic E-state index is 11.7. The third-order valence-electron chi connectivity index (χ3n) is 2.42. The molecule has 0 aliphatic heterocycles. The van der Waals surface area contributed by atoms with E-state index in [9.17, 15) is 19.1 Å². The van der Waals surface area contributed by atoms with Crippen LogP contribution < -0.4 is 10.6 Å². The van der Waals surface area contributed by atoms with Crippen molar-refractivity contribution in [2.75, 3.05) is 6.44 Å². The zero-order chi connectivity index (χ0) is 15.9. The van der Waals surface area contributed by atoms with Crippen LogP contribution in [0.1, 0.15) is 34.6 Å². The summed E-state index contributed by atoms with van der Waals surface area (Å²) in [6, 6.07) is -1.58. The van der Waals surface area contributed by atoms with Gasteiger partial charge in [0.25, 0.3) is 0 Å².